The SMILES string of the molecule is Cc1ccc(CN2CCN3C(=O)[C@@H]4C[C@@H](O)CN4C(=O)[C@H]3C2)cc1C. The van der Waals surface area contributed by atoms with E-state index in [2.05, 4.69) is 36.9 Å². The number of aryl methyl sites for hydroxylation is 2. The van der Waals surface area contributed by atoms with Gasteiger partial charge in [0.2, 0.25) is 11.8 Å². The van der Waals surface area contributed by atoms with Crippen molar-refractivity contribution in [2.24, 2.45) is 0 Å². The summed E-state index contributed by atoms with van der Waals surface area (Å²) in [6, 6.07) is 5.60. The monoisotopic (exact) mass is 343 g/mol. The summed E-state index contributed by atoms with van der Waals surface area (Å²) in [4.78, 5) is 31.1. The average molecular weight is 343 g/mol. The van der Waals surface area contributed by atoms with Gasteiger partial charge in [-0.3, -0.25) is 14.5 Å². The number of piperazine rings is 2. The van der Waals surface area contributed by atoms with E-state index >= 15 is 0 Å². The van der Waals surface area contributed by atoms with E-state index < -0.39 is 18.2 Å². The Balaban J connectivity index is 1.49. The minimum atomic E-state index is -0.578. The van der Waals surface area contributed by atoms with Gasteiger partial charge in [0, 0.05) is 39.1 Å². The van der Waals surface area contributed by atoms with Crippen LogP contribution in [-0.2, 0) is 16.1 Å². The summed E-state index contributed by atoms with van der Waals surface area (Å²) in [6.45, 7) is 7.22. The number of carbonyl (C=O) groups is 2. The van der Waals surface area contributed by atoms with Crippen LogP contribution in [-0.4, -0.2) is 76.0 Å². The number of hydrogen-bond donors (Lipinski definition) is 1. The third kappa shape index (κ3) is 2.83. The maximum absolute atomic E-state index is 12.8. The molecular formula is C19H25N3O3. The fourth-order valence-corrected chi connectivity index (χ4v) is 4.29. The zero-order chi connectivity index (χ0) is 17.7. The molecule has 0 unspecified atom stereocenters. The standard InChI is InChI=1S/C19H25N3O3/c1-12-3-4-14(7-13(12)2)9-20-5-6-21-17(11-20)19(25)22-10-15(23)8-16(22)18(21)24/h3-4,7,15-17,23H,5-6,8-11H2,1-2H3/t15-,16+,17-/m1/s1. The molecule has 6 nitrogen and oxygen atoms in total. The molecule has 3 atom stereocenters. The van der Waals surface area contributed by atoms with Gasteiger partial charge in [0.25, 0.3) is 0 Å². The van der Waals surface area contributed by atoms with Gasteiger partial charge in [0.1, 0.15) is 12.1 Å². The van der Waals surface area contributed by atoms with Crippen molar-refractivity contribution in [3.05, 3.63) is 34.9 Å². The van der Waals surface area contributed by atoms with Crippen LogP contribution in [0.25, 0.3) is 0 Å². The van der Waals surface area contributed by atoms with Crippen molar-refractivity contribution < 1.29 is 14.7 Å². The highest BCUT2D eigenvalue weighted by Gasteiger charge is 2.51. The van der Waals surface area contributed by atoms with Gasteiger partial charge < -0.3 is 14.9 Å². The number of amides is 2. The first kappa shape index (κ1) is 16.5. The topological polar surface area (TPSA) is 64.1 Å². The van der Waals surface area contributed by atoms with E-state index in [4.69, 9.17) is 0 Å². The number of carbonyl (C=O) groups excluding carboxylic acids is 2. The van der Waals surface area contributed by atoms with Crippen molar-refractivity contribution in [3.63, 3.8) is 0 Å². The summed E-state index contributed by atoms with van der Waals surface area (Å²) < 4.78 is 0. The van der Waals surface area contributed by atoms with Crippen LogP contribution in [0.15, 0.2) is 18.2 Å². The second-order valence-electron chi connectivity index (χ2n) is 7.60. The maximum Gasteiger partial charge on any atom is 0.247 e. The van der Waals surface area contributed by atoms with E-state index in [0.717, 1.165) is 13.1 Å². The molecular weight excluding hydrogens is 318 g/mol. The Kier molecular flexibility index (Phi) is 4.04. The number of benzene rings is 1. The third-order valence-electron chi connectivity index (χ3n) is 5.86. The molecule has 0 aliphatic carbocycles. The second-order valence-corrected chi connectivity index (χ2v) is 7.60. The minimum Gasteiger partial charge on any atom is -0.391 e. The molecule has 6 heteroatoms. The van der Waals surface area contributed by atoms with Crippen molar-refractivity contribution in [2.75, 3.05) is 26.2 Å². The van der Waals surface area contributed by atoms with E-state index in [1.54, 1.807) is 9.80 Å². The van der Waals surface area contributed by atoms with Gasteiger partial charge >= 0.3 is 0 Å². The van der Waals surface area contributed by atoms with Gasteiger partial charge in [-0.05, 0) is 30.5 Å². The number of aliphatic hydroxyl groups excluding tert-OH is 1. The van der Waals surface area contributed by atoms with Gasteiger partial charge in [-0.25, -0.2) is 0 Å². The lowest BCUT2D eigenvalue weighted by Crippen LogP contribution is -2.68. The Morgan fingerprint density at radius 3 is 2.52 bits per heavy atom. The van der Waals surface area contributed by atoms with Crippen molar-refractivity contribution >= 4 is 11.8 Å². The van der Waals surface area contributed by atoms with Crippen LogP contribution in [0.3, 0.4) is 0 Å². The Hall–Kier alpha value is -1.92. The second kappa shape index (κ2) is 6.11. The Morgan fingerprint density at radius 1 is 1.00 bits per heavy atom. The molecule has 3 saturated heterocycles. The fourth-order valence-electron chi connectivity index (χ4n) is 4.29. The van der Waals surface area contributed by atoms with Crippen molar-refractivity contribution in [1.82, 2.24) is 14.7 Å². The van der Waals surface area contributed by atoms with Gasteiger partial charge in [-0.15, -0.1) is 0 Å². The molecule has 3 heterocycles. The smallest absolute Gasteiger partial charge is 0.247 e. The zero-order valence-electron chi connectivity index (χ0n) is 14.8. The first-order valence-electron chi connectivity index (χ1n) is 9.01. The van der Waals surface area contributed by atoms with Crippen LogP contribution in [0.4, 0.5) is 0 Å². The highest BCUT2D eigenvalue weighted by Crippen LogP contribution is 2.29. The molecule has 1 aromatic rings. The summed E-state index contributed by atoms with van der Waals surface area (Å²) in [5, 5.41) is 9.85. The van der Waals surface area contributed by atoms with E-state index in [-0.39, 0.29) is 18.4 Å². The van der Waals surface area contributed by atoms with Crippen molar-refractivity contribution in [1.29, 1.82) is 0 Å². The van der Waals surface area contributed by atoms with E-state index in [1.807, 2.05) is 0 Å². The molecule has 4 rings (SSSR count). The lowest BCUT2D eigenvalue weighted by atomic mass is 10.0. The summed E-state index contributed by atoms with van der Waals surface area (Å²) in [7, 11) is 0. The Bertz CT molecular complexity index is 720. The molecule has 25 heavy (non-hydrogen) atoms. The predicted octanol–water partition coefficient (Wildman–Crippen LogP) is 0.292. The maximum atomic E-state index is 12.8. The van der Waals surface area contributed by atoms with Crippen LogP contribution in [0, 0.1) is 13.8 Å². The fraction of sp³-hybridized carbons (Fsp3) is 0.579. The highest BCUT2D eigenvalue weighted by atomic mass is 16.3. The molecule has 0 aromatic heterocycles. The number of fused-ring (bicyclic) bond motifs is 2. The normalized spacial score (nSPS) is 29.8. The number of rotatable bonds is 2. The van der Waals surface area contributed by atoms with Crippen LogP contribution in [0.1, 0.15) is 23.1 Å². The molecule has 134 valence electrons. The average Bonchev–Trinajstić information content (AvgIpc) is 2.98. The molecule has 3 aliphatic heterocycles. The first-order chi connectivity index (χ1) is 11.9. The molecule has 0 radical (unpaired) electrons. The molecule has 0 bridgehead atoms. The summed E-state index contributed by atoms with van der Waals surface area (Å²) in [6.07, 6.45) is -0.203. The van der Waals surface area contributed by atoms with Gasteiger partial charge in [0.15, 0.2) is 0 Å². The first-order valence-corrected chi connectivity index (χ1v) is 9.01. The Morgan fingerprint density at radius 2 is 1.76 bits per heavy atom. The summed E-state index contributed by atoms with van der Waals surface area (Å²) in [5.74, 6) is -0.00193. The van der Waals surface area contributed by atoms with Crippen LogP contribution >= 0.6 is 0 Å². The Labute approximate surface area is 148 Å². The van der Waals surface area contributed by atoms with Crippen LogP contribution in [0.2, 0.25) is 0 Å². The lowest BCUT2D eigenvalue weighted by Gasteiger charge is -2.47. The number of nitrogens with zero attached hydrogens (tertiary/aromatic N) is 3. The van der Waals surface area contributed by atoms with Gasteiger partial charge in [0.05, 0.1) is 6.10 Å². The zero-order valence-corrected chi connectivity index (χ0v) is 14.8. The van der Waals surface area contributed by atoms with Gasteiger partial charge in [-0.1, -0.05) is 18.2 Å². The molecule has 1 aromatic carbocycles. The summed E-state index contributed by atoms with van der Waals surface area (Å²) >= 11 is 0. The third-order valence-corrected chi connectivity index (χ3v) is 5.86. The minimum absolute atomic E-state index is 0.00646. The summed E-state index contributed by atoms with van der Waals surface area (Å²) in [5.41, 5.74) is 3.79. The largest absolute Gasteiger partial charge is 0.391 e. The van der Waals surface area contributed by atoms with Gasteiger partial charge in [-0.2, -0.15) is 0 Å². The van der Waals surface area contributed by atoms with Crippen molar-refractivity contribution in [2.45, 2.75) is 45.0 Å². The van der Waals surface area contributed by atoms with E-state index in [9.17, 15) is 14.7 Å². The molecule has 0 spiro atoms. The number of hydrogen-bond acceptors (Lipinski definition) is 4. The van der Waals surface area contributed by atoms with Crippen molar-refractivity contribution in [3.8, 4) is 0 Å². The number of aliphatic hydroxyl groups is 1. The molecule has 2 amide bonds. The molecule has 3 aliphatic rings. The molecule has 3 fully saturated rings. The quantitative estimate of drug-likeness (QED) is 0.838. The molecule has 1 N–H and O–H groups in total. The lowest BCUT2D eigenvalue weighted by molar-refractivity contribution is -0.163. The molecule has 0 saturated carbocycles. The van der Waals surface area contributed by atoms with Crippen LogP contribution in [0.5, 0.6) is 0 Å². The van der Waals surface area contributed by atoms with Crippen LogP contribution < -0.4 is 0 Å². The predicted molar refractivity (Wildman–Crippen MR) is 92.8 cm³/mol. The van der Waals surface area contributed by atoms with E-state index in [1.165, 1.54) is 16.7 Å². The highest BCUT2D eigenvalue weighted by molar-refractivity contribution is 5.97. The van der Waals surface area contributed by atoms with E-state index in [0.29, 0.717) is 19.5 Å².